The summed E-state index contributed by atoms with van der Waals surface area (Å²) in [6.07, 6.45) is 3.33. The van der Waals surface area contributed by atoms with Crippen molar-refractivity contribution in [2.45, 2.75) is 13.2 Å². The molecule has 0 spiro atoms. The molecule has 1 aromatic rings. The van der Waals surface area contributed by atoms with Gasteiger partial charge in [0.25, 0.3) is 0 Å². The molecule has 0 bridgehead atoms. The van der Waals surface area contributed by atoms with Crippen molar-refractivity contribution in [1.82, 2.24) is 9.78 Å². The van der Waals surface area contributed by atoms with Crippen molar-refractivity contribution in [2.75, 3.05) is 0 Å². The molecule has 1 heterocycles. The summed E-state index contributed by atoms with van der Waals surface area (Å²) in [6, 6.07) is 0. The Morgan fingerprint density at radius 2 is 2.55 bits per heavy atom. The number of aromatic nitrogens is 2. The van der Waals surface area contributed by atoms with Crippen molar-refractivity contribution >= 4 is 11.6 Å². The van der Waals surface area contributed by atoms with E-state index in [0.717, 1.165) is 5.56 Å². The lowest BCUT2D eigenvalue weighted by Crippen LogP contribution is -1.96. The maximum absolute atomic E-state index is 8.68. The van der Waals surface area contributed by atoms with Gasteiger partial charge in [-0.05, 0) is 0 Å². The van der Waals surface area contributed by atoms with E-state index in [4.69, 9.17) is 16.7 Å². The van der Waals surface area contributed by atoms with Gasteiger partial charge in [0.1, 0.15) is 0 Å². The molecular weight excluding hydrogens is 164 g/mol. The Balaban J connectivity index is 2.65. The van der Waals surface area contributed by atoms with Crippen LogP contribution in [0.3, 0.4) is 0 Å². The maximum Gasteiger partial charge on any atom is 0.0760 e. The second-order valence-corrected chi connectivity index (χ2v) is 2.76. The van der Waals surface area contributed by atoms with Crippen LogP contribution in [-0.2, 0) is 13.2 Å². The van der Waals surface area contributed by atoms with Crippen molar-refractivity contribution in [3.8, 4) is 0 Å². The van der Waals surface area contributed by atoms with E-state index in [1.54, 1.807) is 17.1 Å². The lowest BCUT2D eigenvalue weighted by atomic mass is 10.4. The van der Waals surface area contributed by atoms with Crippen LogP contribution in [-0.4, -0.2) is 14.9 Å². The van der Waals surface area contributed by atoms with E-state index >= 15 is 0 Å². The summed E-state index contributed by atoms with van der Waals surface area (Å²) >= 11 is 5.55. The van der Waals surface area contributed by atoms with Crippen LogP contribution in [0, 0.1) is 0 Å². The minimum Gasteiger partial charge on any atom is -0.392 e. The number of allylic oxidation sites excluding steroid dienone is 1. The molecule has 0 aliphatic heterocycles. The van der Waals surface area contributed by atoms with Gasteiger partial charge in [-0.1, -0.05) is 18.2 Å². The van der Waals surface area contributed by atoms with Gasteiger partial charge in [-0.25, -0.2) is 0 Å². The molecule has 1 rings (SSSR count). The minimum atomic E-state index is 0.00869. The monoisotopic (exact) mass is 172 g/mol. The van der Waals surface area contributed by atoms with Crippen molar-refractivity contribution < 1.29 is 5.11 Å². The Bertz CT molecular complexity index is 257. The highest BCUT2D eigenvalue weighted by molar-refractivity contribution is 6.29. The van der Waals surface area contributed by atoms with Crippen LogP contribution in [0.15, 0.2) is 24.0 Å². The number of halogens is 1. The van der Waals surface area contributed by atoms with Crippen LogP contribution < -0.4 is 0 Å². The number of aliphatic hydroxyl groups excluding tert-OH is 1. The number of hydrogen-bond donors (Lipinski definition) is 1. The van der Waals surface area contributed by atoms with Crippen LogP contribution in [0.5, 0.6) is 0 Å². The van der Waals surface area contributed by atoms with E-state index in [9.17, 15) is 0 Å². The number of hydrogen-bond acceptors (Lipinski definition) is 2. The van der Waals surface area contributed by atoms with Crippen LogP contribution in [0.2, 0.25) is 0 Å². The Kier molecular flexibility index (Phi) is 2.68. The average Bonchev–Trinajstić information content (AvgIpc) is 2.34. The van der Waals surface area contributed by atoms with E-state index in [2.05, 4.69) is 11.7 Å². The highest BCUT2D eigenvalue weighted by Gasteiger charge is 1.96. The lowest BCUT2D eigenvalue weighted by Gasteiger charge is -1.95. The normalized spacial score (nSPS) is 10.0. The van der Waals surface area contributed by atoms with Crippen molar-refractivity contribution in [3.05, 3.63) is 29.6 Å². The molecule has 11 heavy (non-hydrogen) atoms. The highest BCUT2D eigenvalue weighted by atomic mass is 35.5. The molecular formula is C7H9ClN2O. The van der Waals surface area contributed by atoms with Gasteiger partial charge in [0.15, 0.2) is 0 Å². The Morgan fingerprint density at radius 3 is 3.00 bits per heavy atom. The molecule has 0 aliphatic rings. The first-order valence-corrected chi connectivity index (χ1v) is 3.55. The van der Waals surface area contributed by atoms with Crippen molar-refractivity contribution in [3.63, 3.8) is 0 Å². The van der Waals surface area contributed by atoms with Crippen LogP contribution in [0.1, 0.15) is 5.56 Å². The standard InChI is InChI=1S/C7H9ClN2O/c1-6(8)3-10-4-7(5-11)2-9-10/h2,4,11H,1,3,5H2. The summed E-state index contributed by atoms with van der Waals surface area (Å²) in [5.74, 6) is 0. The molecule has 1 N–H and O–H groups in total. The molecule has 0 unspecified atom stereocenters. The third-order valence-electron chi connectivity index (χ3n) is 1.20. The summed E-state index contributed by atoms with van der Waals surface area (Å²) in [5, 5.41) is 13.1. The minimum absolute atomic E-state index is 0.00869. The third kappa shape index (κ3) is 2.37. The van der Waals surface area contributed by atoms with Crippen LogP contribution in [0.25, 0.3) is 0 Å². The molecule has 4 heteroatoms. The summed E-state index contributed by atoms with van der Waals surface area (Å²) < 4.78 is 1.63. The molecule has 3 nitrogen and oxygen atoms in total. The molecule has 0 amide bonds. The molecule has 0 aromatic carbocycles. The van der Waals surface area contributed by atoms with E-state index in [1.165, 1.54) is 0 Å². The molecule has 0 fully saturated rings. The quantitative estimate of drug-likeness (QED) is 0.742. The fraction of sp³-hybridized carbons (Fsp3) is 0.286. The van der Waals surface area contributed by atoms with Gasteiger partial charge >= 0.3 is 0 Å². The first kappa shape index (κ1) is 8.30. The molecule has 0 radical (unpaired) electrons. The van der Waals surface area contributed by atoms with Gasteiger partial charge in [0, 0.05) is 16.8 Å². The molecule has 0 atom stereocenters. The van der Waals surface area contributed by atoms with E-state index in [-0.39, 0.29) is 6.61 Å². The zero-order valence-corrected chi connectivity index (χ0v) is 6.75. The topological polar surface area (TPSA) is 38.0 Å². The molecule has 1 aromatic heterocycles. The van der Waals surface area contributed by atoms with Crippen LogP contribution in [0.4, 0.5) is 0 Å². The second-order valence-electron chi connectivity index (χ2n) is 2.22. The Morgan fingerprint density at radius 1 is 1.82 bits per heavy atom. The zero-order chi connectivity index (χ0) is 8.27. The van der Waals surface area contributed by atoms with Crippen molar-refractivity contribution in [1.29, 1.82) is 0 Å². The first-order chi connectivity index (χ1) is 5.22. The highest BCUT2D eigenvalue weighted by Crippen LogP contribution is 2.03. The van der Waals surface area contributed by atoms with Crippen LogP contribution >= 0.6 is 11.6 Å². The third-order valence-corrected chi connectivity index (χ3v) is 1.32. The van der Waals surface area contributed by atoms with E-state index in [0.29, 0.717) is 11.6 Å². The first-order valence-electron chi connectivity index (χ1n) is 3.18. The average molecular weight is 173 g/mol. The van der Waals surface area contributed by atoms with E-state index in [1.807, 2.05) is 0 Å². The fourth-order valence-corrected chi connectivity index (χ4v) is 0.873. The molecule has 0 aliphatic carbocycles. The fourth-order valence-electron chi connectivity index (χ4n) is 0.750. The number of aliphatic hydroxyl groups is 1. The number of rotatable bonds is 3. The summed E-state index contributed by atoms with van der Waals surface area (Å²) in [7, 11) is 0. The number of nitrogens with zero attached hydrogens (tertiary/aromatic N) is 2. The summed E-state index contributed by atoms with van der Waals surface area (Å²) in [4.78, 5) is 0. The van der Waals surface area contributed by atoms with Crippen molar-refractivity contribution in [2.24, 2.45) is 0 Å². The van der Waals surface area contributed by atoms with Gasteiger partial charge < -0.3 is 5.11 Å². The maximum atomic E-state index is 8.68. The second kappa shape index (κ2) is 3.55. The van der Waals surface area contributed by atoms with E-state index < -0.39 is 0 Å². The van der Waals surface area contributed by atoms with Gasteiger partial charge in [0.05, 0.1) is 19.3 Å². The van der Waals surface area contributed by atoms with Gasteiger partial charge in [-0.3, -0.25) is 4.68 Å². The SMILES string of the molecule is C=C(Cl)Cn1cc(CO)cn1. The van der Waals surface area contributed by atoms with Gasteiger partial charge in [-0.15, -0.1) is 0 Å². The Labute approximate surface area is 69.9 Å². The largest absolute Gasteiger partial charge is 0.392 e. The predicted octanol–water partition coefficient (Wildman–Crippen LogP) is 1.13. The Hall–Kier alpha value is -0.800. The molecule has 0 saturated heterocycles. The molecule has 0 saturated carbocycles. The zero-order valence-electron chi connectivity index (χ0n) is 6.00. The predicted molar refractivity (Wildman–Crippen MR) is 43.1 cm³/mol. The van der Waals surface area contributed by atoms with Gasteiger partial charge in [-0.2, -0.15) is 5.10 Å². The molecule has 60 valence electrons. The summed E-state index contributed by atoms with van der Waals surface area (Å²) in [5.41, 5.74) is 0.780. The lowest BCUT2D eigenvalue weighted by molar-refractivity contribution is 0.281. The smallest absolute Gasteiger partial charge is 0.0760 e. The summed E-state index contributed by atoms with van der Waals surface area (Å²) in [6.45, 7) is 4.02. The van der Waals surface area contributed by atoms with Gasteiger partial charge in [0.2, 0.25) is 0 Å².